The molecule has 128 valence electrons. The van der Waals surface area contributed by atoms with Gasteiger partial charge in [-0.3, -0.25) is 9.78 Å². The number of hydrogen-bond acceptors (Lipinski definition) is 4. The Kier molecular flexibility index (Phi) is 5.88. The van der Waals surface area contributed by atoms with Gasteiger partial charge in [0.25, 0.3) is 5.91 Å². The molecule has 1 atom stereocenters. The summed E-state index contributed by atoms with van der Waals surface area (Å²) < 4.78 is 5.63. The van der Waals surface area contributed by atoms with Crippen molar-refractivity contribution in [3.63, 3.8) is 0 Å². The smallest absolute Gasteiger partial charge is 0.257 e. The molecule has 0 spiro atoms. The zero-order chi connectivity index (χ0) is 16.8. The molecule has 24 heavy (non-hydrogen) atoms. The van der Waals surface area contributed by atoms with Gasteiger partial charge in [-0.25, -0.2) is 0 Å². The minimum Gasteiger partial charge on any atom is -0.481 e. The molecule has 3 rings (SSSR count). The van der Waals surface area contributed by atoms with Gasteiger partial charge >= 0.3 is 0 Å². The Bertz CT molecular complexity index is 702. The third kappa shape index (κ3) is 4.36. The van der Waals surface area contributed by atoms with Crippen molar-refractivity contribution in [3.05, 3.63) is 35.5 Å². The number of pyridine rings is 1. The Hall–Kier alpha value is -1.85. The van der Waals surface area contributed by atoms with Crippen molar-refractivity contribution in [2.24, 2.45) is 5.92 Å². The average molecular weight is 348 g/mol. The van der Waals surface area contributed by atoms with Gasteiger partial charge in [0, 0.05) is 18.1 Å². The summed E-state index contributed by atoms with van der Waals surface area (Å²) in [7, 11) is 0. The first-order valence-corrected chi connectivity index (χ1v) is 8.75. The van der Waals surface area contributed by atoms with Gasteiger partial charge in [0.2, 0.25) is 0 Å². The van der Waals surface area contributed by atoms with Gasteiger partial charge in [-0.15, -0.1) is 0 Å². The van der Waals surface area contributed by atoms with Crippen molar-refractivity contribution in [2.45, 2.75) is 19.3 Å². The van der Waals surface area contributed by atoms with Crippen molar-refractivity contribution in [1.29, 1.82) is 0 Å². The molecule has 2 aromatic rings. The maximum Gasteiger partial charge on any atom is 0.257 e. The first-order chi connectivity index (χ1) is 11.7. The van der Waals surface area contributed by atoms with E-state index in [9.17, 15) is 4.79 Å². The minimum absolute atomic E-state index is 0.0176. The second-order valence-electron chi connectivity index (χ2n) is 6.08. The molecule has 0 aliphatic carbocycles. The lowest BCUT2D eigenvalue weighted by atomic mass is 9.96. The maximum absolute atomic E-state index is 12.0. The molecule has 0 radical (unpaired) electrons. The van der Waals surface area contributed by atoms with E-state index < -0.39 is 0 Å². The van der Waals surface area contributed by atoms with Gasteiger partial charge < -0.3 is 15.4 Å². The van der Waals surface area contributed by atoms with E-state index in [1.54, 1.807) is 18.3 Å². The fraction of sp³-hybridized carbons (Fsp3) is 0.444. The predicted octanol–water partition coefficient (Wildman–Crippen LogP) is 2.77. The van der Waals surface area contributed by atoms with Gasteiger partial charge in [0.1, 0.15) is 11.3 Å². The van der Waals surface area contributed by atoms with E-state index in [-0.39, 0.29) is 12.5 Å². The van der Waals surface area contributed by atoms with Crippen molar-refractivity contribution in [2.75, 3.05) is 26.2 Å². The number of rotatable bonds is 6. The summed E-state index contributed by atoms with van der Waals surface area (Å²) >= 11 is 6.15. The fourth-order valence-corrected chi connectivity index (χ4v) is 3.22. The first-order valence-electron chi connectivity index (χ1n) is 8.37. The molecule has 1 aromatic carbocycles. The molecule has 1 aliphatic heterocycles. The van der Waals surface area contributed by atoms with Gasteiger partial charge in [-0.1, -0.05) is 11.6 Å². The molecule has 1 aliphatic rings. The topological polar surface area (TPSA) is 63.2 Å². The van der Waals surface area contributed by atoms with Crippen LogP contribution in [0.5, 0.6) is 5.75 Å². The van der Waals surface area contributed by atoms with E-state index in [1.807, 2.05) is 12.1 Å². The highest BCUT2D eigenvalue weighted by Crippen LogP contribution is 2.29. The van der Waals surface area contributed by atoms with Gasteiger partial charge in [-0.2, -0.15) is 0 Å². The summed E-state index contributed by atoms with van der Waals surface area (Å²) in [5, 5.41) is 7.75. The van der Waals surface area contributed by atoms with E-state index in [1.165, 1.54) is 12.8 Å². The van der Waals surface area contributed by atoms with Crippen LogP contribution in [0.3, 0.4) is 0 Å². The van der Waals surface area contributed by atoms with Crippen LogP contribution in [0.25, 0.3) is 10.9 Å². The molecular formula is C18H22ClN3O2. The zero-order valence-corrected chi connectivity index (χ0v) is 14.3. The number of amides is 1. The standard InChI is InChI=1S/C18H22ClN3O2/c19-15-5-6-16(18-14(15)4-2-9-22-18)24-12-17(23)21-10-7-13-3-1-8-20-11-13/h2,4-6,9,13,20H,1,3,7-8,10-12H2,(H,21,23). The number of carbonyl (C=O) groups is 1. The molecule has 1 amide bonds. The number of aromatic nitrogens is 1. The molecule has 6 heteroatoms. The van der Waals surface area contributed by atoms with Crippen LogP contribution in [0.4, 0.5) is 0 Å². The highest BCUT2D eigenvalue weighted by Gasteiger charge is 2.13. The molecule has 5 nitrogen and oxygen atoms in total. The van der Waals surface area contributed by atoms with Crippen molar-refractivity contribution in [1.82, 2.24) is 15.6 Å². The molecule has 2 N–H and O–H groups in total. The normalized spacial score (nSPS) is 17.6. The number of nitrogens with zero attached hydrogens (tertiary/aromatic N) is 1. The second kappa shape index (κ2) is 8.31. The van der Waals surface area contributed by atoms with E-state index in [4.69, 9.17) is 16.3 Å². The lowest BCUT2D eigenvalue weighted by Gasteiger charge is -2.22. The third-order valence-corrected chi connectivity index (χ3v) is 4.64. The van der Waals surface area contributed by atoms with Crippen LogP contribution in [0.15, 0.2) is 30.5 Å². The Morgan fingerprint density at radius 2 is 2.33 bits per heavy atom. The second-order valence-corrected chi connectivity index (χ2v) is 6.49. The molecular weight excluding hydrogens is 326 g/mol. The number of fused-ring (bicyclic) bond motifs is 1. The average Bonchev–Trinajstić information content (AvgIpc) is 2.62. The van der Waals surface area contributed by atoms with Crippen LogP contribution in [-0.4, -0.2) is 37.1 Å². The molecule has 0 saturated carbocycles. The molecule has 1 fully saturated rings. The molecule has 1 aromatic heterocycles. The van der Waals surface area contributed by atoms with Crippen molar-refractivity contribution < 1.29 is 9.53 Å². The first kappa shape index (κ1) is 17.0. The summed E-state index contributed by atoms with van der Waals surface area (Å²) in [6, 6.07) is 7.22. The highest BCUT2D eigenvalue weighted by atomic mass is 35.5. The van der Waals surface area contributed by atoms with Gasteiger partial charge in [0.15, 0.2) is 6.61 Å². The van der Waals surface area contributed by atoms with Gasteiger partial charge in [0.05, 0.1) is 5.02 Å². The third-order valence-electron chi connectivity index (χ3n) is 4.31. The number of piperidine rings is 1. The molecule has 1 saturated heterocycles. The van der Waals surface area contributed by atoms with Crippen LogP contribution in [0, 0.1) is 5.92 Å². The largest absolute Gasteiger partial charge is 0.481 e. The van der Waals surface area contributed by atoms with E-state index in [2.05, 4.69) is 15.6 Å². The van der Waals surface area contributed by atoms with Crippen LogP contribution < -0.4 is 15.4 Å². The number of hydrogen-bond donors (Lipinski definition) is 2. The number of benzene rings is 1. The Morgan fingerprint density at radius 3 is 3.17 bits per heavy atom. The number of carbonyl (C=O) groups excluding carboxylic acids is 1. The van der Waals surface area contributed by atoms with Crippen molar-refractivity contribution in [3.8, 4) is 5.75 Å². The Labute approximate surface area is 146 Å². The minimum atomic E-state index is -0.113. The molecule has 1 unspecified atom stereocenters. The predicted molar refractivity (Wildman–Crippen MR) is 95.5 cm³/mol. The SMILES string of the molecule is O=C(COc1ccc(Cl)c2cccnc12)NCCC1CCCNC1. The molecule has 0 bridgehead atoms. The Balaban J connectivity index is 1.48. The van der Waals surface area contributed by atoms with Crippen LogP contribution in [-0.2, 0) is 4.79 Å². The number of halogens is 1. The summed E-state index contributed by atoms with van der Waals surface area (Å²) in [5.74, 6) is 1.11. The van der Waals surface area contributed by atoms with Crippen molar-refractivity contribution >= 4 is 28.4 Å². The molecule has 2 heterocycles. The lowest BCUT2D eigenvalue weighted by molar-refractivity contribution is -0.123. The van der Waals surface area contributed by atoms with E-state index >= 15 is 0 Å². The summed E-state index contributed by atoms with van der Waals surface area (Å²) in [6.45, 7) is 2.83. The number of ether oxygens (including phenoxy) is 1. The monoisotopic (exact) mass is 347 g/mol. The lowest BCUT2D eigenvalue weighted by Crippen LogP contribution is -2.34. The fourth-order valence-electron chi connectivity index (χ4n) is 3.01. The van der Waals surface area contributed by atoms with Crippen LogP contribution >= 0.6 is 11.6 Å². The zero-order valence-electron chi connectivity index (χ0n) is 13.6. The van der Waals surface area contributed by atoms with Crippen LogP contribution in [0.1, 0.15) is 19.3 Å². The summed E-state index contributed by atoms with van der Waals surface area (Å²) in [5.41, 5.74) is 0.672. The maximum atomic E-state index is 12.0. The number of nitrogens with one attached hydrogen (secondary N) is 2. The van der Waals surface area contributed by atoms with E-state index in [0.29, 0.717) is 28.8 Å². The van der Waals surface area contributed by atoms with Gasteiger partial charge in [-0.05, 0) is 62.5 Å². The summed E-state index contributed by atoms with van der Waals surface area (Å²) in [4.78, 5) is 16.3. The highest BCUT2D eigenvalue weighted by molar-refractivity contribution is 6.35. The Morgan fingerprint density at radius 1 is 1.42 bits per heavy atom. The summed E-state index contributed by atoms with van der Waals surface area (Å²) in [6.07, 6.45) is 5.15. The van der Waals surface area contributed by atoms with E-state index in [0.717, 1.165) is 24.9 Å². The quantitative estimate of drug-likeness (QED) is 0.843. The van der Waals surface area contributed by atoms with Crippen LogP contribution in [0.2, 0.25) is 5.02 Å².